The summed E-state index contributed by atoms with van der Waals surface area (Å²) in [6.07, 6.45) is 8.33. The van der Waals surface area contributed by atoms with E-state index in [1.807, 2.05) is 0 Å². The quantitative estimate of drug-likeness (QED) is 0.107. The molecule has 0 unspecified atom stereocenters. The molecule has 0 N–H and O–H groups in total. The van der Waals surface area contributed by atoms with Gasteiger partial charge in [-0.05, 0) is 258 Å². The number of benzene rings is 15. The maximum atomic E-state index is 2.75. The third kappa shape index (κ3) is 6.81. The summed E-state index contributed by atoms with van der Waals surface area (Å²) < 4.78 is 0. The molecule has 0 heteroatoms. The molecule has 0 bridgehead atoms. The molecule has 0 saturated carbocycles. The zero-order chi connectivity index (χ0) is 59.6. The van der Waals surface area contributed by atoms with Crippen LogP contribution >= 0.6 is 0 Å². The maximum Gasteiger partial charge on any atom is -0.000740 e. The van der Waals surface area contributed by atoms with Gasteiger partial charge >= 0.3 is 0 Å². The first kappa shape index (κ1) is 51.9. The van der Waals surface area contributed by atoms with Crippen molar-refractivity contribution in [2.45, 2.75) is 79.1 Å². The van der Waals surface area contributed by atoms with Gasteiger partial charge in [0.25, 0.3) is 0 Å². The van der Waals surface area contributed by atoms with Crippen LogP contribution in [-0.2, 0) is 25.7 Å². The molecular weight excluding hydrogens is 1080 g/mol. The normalized spacial score (nSPS) is 12.6. The molecule has 0 fully saturated rings. The summed E-state index contributed by atoms with van der Waals surface area (Å²) in [6.45, 7) is 9.60. The molecule has 19 rings (SSSR count). The van der Waals surface area contributed by atoms with E-state index in [1.165, 1.54) is 220 Å². The highest BCUT2D eigenvalue weighted by molar-refractivity contribution is 6.36. The fourth-order valence-corrected chi connectivity index (χ4v) is 18.2. The van der Waals surface area contributed by atoms with Crippen LogP contribution in [0.2, 0.25) is 0 Å². The molecule has 15 aromatic rings. The van der Waals surface area contributed by atoms with E-state index >= 15 is 0 Å². The highest BCUT2D eigenvalue weighted by Crippen LogP contribution is 2.66. The lowest BCUT2D eigenvalue weighted by Crippen LogP contribution is -2.02. The van der Waals surface area contributed by atoms with Gasteiger partial charge in [-0.25, -0.2) is 0 Å². The first-order chi connectivity index (χ1) is 44.6. The first-order valence-electron chi connectivity index (χ1n) is 33.3. The molecule has 0 heterocycles. The van der Waals surface area contributed by atoms with Crippen molar-refractivity contribution in [1.82, 2.24) is 0 Å². The molecular formula is C90H66. The van der Waals surface area contributed by atoms with Gasteiger partial charge < -0.3 is 0 Å². The van der Waals surface area contributed by atoms with Gasteiger partial charge in [-0.15, -0.1) is 0 Å². The van der Waals surface area contributed by atoms with Crippen LogP contribution in [-0.4, -0.2) is 0 Å². The van der Waals surface area contributed by atoms with Gasteiger partial charge in [0.1, 0.15) is 0 Å². The summed E-state index contributed by atoms with van der Waals surface area (Å²) in [5.41, 5.74) is 39.0. The van der Waals surface area contributed by atoms with Crippen molar-refractivity contribution in [2.75, 3.05) is 0 Å². The van der Waals surface area contributed by atoms with Gasteiger partial charge in [0.2, 0.25) is 0 Å². The van der Waals surface area contributed by atoms with Gasteiger partial charge in [-0.1, -0.05) is 272 Å². The smallest absolute Gasteiger partial charge is 0.000740 e. The van der Waals surface area contributed by atoms with Gasteiger partial charge in [0.05, 0.1) is 0 Å². The number of aryl methyl sites for hydroxylation is 4. The second-order valence-corrected chi connectivity index (χ2v) is 26.1. The molecule has 0 aromatic heterocycles. The summed E-state index contributed by atoms with van der Waals surface area (Å²) in [4.78, 5) is 0. The second kappa shape index (κ2) is 19.7. The Morgan fingerprint density at radius 1 is 0.178 bits per heavy atom. The highest BCUT2D eigenvalue weighted by atomic mass is 14.4. The predicted molar refractivity (Wildman–Crippen MR) is 387 cm³/mol. The zero-order valence-electron chi connectivity index (χ0n) is 51.6. The van der Waals surface area contributed by atoms with Crippen molar-refractivity contribution in [3.8, 4) is 134 Å². The third-order valence-corrected chi connectivity index (χ3v) is 21.3. The van der Waals surface area contributed by atoms with E-state index in [0.717, 1.165) is 51.4 Å². The van der Waals surface area contributed by atoms with Crippen molar-refractivity contribution in [2.24, 2.45) is 0 Å². The lowest BCUT2D eigenvalue weighted by Gasteiger charge is -2.24. The minimum absolute atomic E-state index is 1.01. The molecule has 0 radical (unpaired) electrons. The fourth-order valence-electron chi connectivity index (χ4n) is 18.2. The fraction of sp³-hybridized carbons (Fsp3) is 0.133. The van der Waals surface area contributed by atoms with Gasteiger partial charge in [-0.2, -0.15) is 0 Å². The van der Waals surface area contributed by atoms with E-state index in [0.29, 0.717) is 0 Å². The number of fused-ring (bicyclic) bond motifs is 16. The number of hydrogen-bond acceptors (Lipinski definition) is 0. The monoisotopic (exact) mass is 1150 g/mol. The Kier molecular flexibility index (Phi) is 11.3. The minimum Gasteiger partial charge on any atom is -0.0651 e. The van der Waals surface area contributed by atoms with E-state index in [1.54, 1.807) is 0 Å². The molecule has 0 amide bonds. The second-order valence-electron chi connectivity index (χ2n) is 26.1. The topological polar surface area (TPSA) is 0 Å². The van der Waals surface area contributed by atoms with E-state index in [2.05, 4.69) is 258 Å². The van der Waals surface area contributed by atoms with Crippen molar-refractivity contribution in [3.63, 3.8) is 0 Å². The summed E-state index contributed by atoms with van der Waals surface area (Å²) in [6, 6.07) is 89.0. The Labute approximate surface area is 526 Å². The molecule has 4 aliphatic carbocycles. The van der Waals surface area contributed by atoms with E-state index in [-0.39, 0.29) is 0 Å². The summed E-state index contributed by atoms with van der Waals surface area (Å²) in [7, 11) is 0. The van der Waals surface area contributed by atoms with Crippen molar-refractivity contribution >= 4 is 64.6 Å². The van der Waals surface area contributed by atoms with Gasteiger partial charge in [0, 0.05) is 0 Å². The summed E-state index contributed by atoms with van der Waals surface area (Å²) in [5, 5.41) is 16.7. The maximum absolute atomic E-state index is 2.75. The van der Waals surface area contributed by atoms with Gasteiger partial charge in [0.15, 0.2) is 0 Å². The summed E-state index contributed by atoms with van der Waals surface area (Å²) in [5.74, 6) is 0. The standard InChI is InChI=1S/C90H66/c1-5-25-55-71-49-73-57(27-7-3)81-65-43-47-69-86-70(90-78(54-35-19-12-20-36-54)62-40-24-23-39-61(62)77(89(69)90)53-33-17-11-18-34-53)48-44-66(84(65)86)82(81)58(28-8-4)74(73)50-72(71)56(26-6-2)80-64-42-46-68-85-67(45-41-63(79(55)80)83(64)85)87-75(51-29-13-9-14-30-51)59-37-21-22-38-60(59)76(88(68)87)52-31-15-10-16-32-52/h9-24,29-50H,5-8,25-28H2,1-4H3. The number of hydrogen-bond donors (Lipinski definition) is 0. The minimum atomic E-state index is 1.01. The Morgan fingerprint density at radius 3 is 0.567 bits per heavy atom. The first-order valence-corrected chi connectivity index (χ1v) is 33.3. The SMILES string of the molecule is CCCc1c2c(c(CCC)c3cc4c(CCC)c5c(c(CCC)c4cc13)-c1ccc3c4c(ccc-5c14)-c1c-3c(-c3ccccc3)c3ccccc3c1-c1ccccc1)-c1ccc3c4c(ccc-2c14)-c1c-3c(-c2ccccc2)c2ccccc2c1-c1ccccc1. The molecule has 90 heavy (non-hydrogen) atoms. The lowest BCUT2D eigenvalue weighted by molar-refractivity contribution is 0.917. The van der Waals surface area contributed by atoms with Crippen molar-refractivity contribution in [3.05, 3.63) is 253 Å². The van der Waals surface area contributed by atoms with Crippen LogP contribution in [0.1, 0.15) is 75.6 Å². The molecule has 0 atom stereocenters. The molecule has 0 saturated heterocycles. The predicted octanol–water partition coefficient (Wildman–Crippen LogP) is 25.7. The van der Waals surface area contributed by atoms with E-state index in [4.69, 9.17) is 0 Å². The molecule has 0 aliphatic heterocycles. The van der Waals surface area contributed by atoms with Crippen LogP contribution in [0.3, 0.4) is 0 Å². The van der Waals surface area contributed by atoms with E-state index in [9.17, 15) is 0 Å². The molecule has 0 spiro atoms. The van der Waals surface area contributed by atoms with Crippen LogP contribution in [0.25, 0.3) is 198 Å². The Bertz CT molecular complexity index is 4960. The number of rotatable bonds is 12. The average Bonchev–Trinajstić information content (AvgIpc) is 1.52. The van der Waals surface area contributed by atoms with Gasteiger partial charge in [-0.3, -0.25) is 0 Å². The lowest BCUT2D eigenvalue weighted by atomic mass is 9.79. The van der Waals surface area contributed by atoms with Crippen LogP contribution in [0.15, 0.2) is 231 Å². The van der Waals surface area contributed by atoms with Crippen LogP contribution < -0.4 is 0 Å². The third-order valence-electron chi connectivity index (χ3n) is 21.3. The Morgan fingerprint density at radius 2 is 0.367 bits per heavy atom. The van der Waals surface area contributed by atoms with Crippen LogP contribution in [0, 0.1) is 0 Å². The highest BCUT2D eigenvalue weighted by Gasteiger charge is 2.40. The van der Waals surface area contributed by atoms with Crippen LogP contribution in [0.5, 0.6) is 0 Å². The largest absolute Gasteiger partial charge is 0.0651 e. The molecule has 0 nitrogen and oxygen atoms in total. The van der Waals surface area contributed by atoms with Crippen molar-refractivity contribution in [1.29, 1.82) is 0 Å². The Hall–Kier alpha value is -10.1. The molecule has 15 aromatic carbocycles. The Balaban J connectivity index is 0.885. The van der Waals surface area contributed by atoms with Crippen molar-refractivity contribution < 1.29 is 0 Å². The zero-order valence-corrected chi connectivity index (χ0v) is 51.6. The molecule has 4 aliphatic rings. The molecule has 426 valence electrons. The van der Waals surface area contributed by atoms with Crippen LogP contribution in [0.4, 0.5) is 0 Å². The van der Waals surface area contributed by atoms with E-state index < -0.39 is 0 Å². The summed E-state index contributed by atoms with van der Waals surface area (Å²) >= 11 is 0. The average molecular weight is 1150 g/mol.